The van der Waals surface area contributed by atoms with Gasteiger partial charge in [-0.15, -0.1) is 0 Å². The molecule has 2 fully saturated rings. The summed E-state index contributed by atoms with van der Waals surface area (Å²) in [6.45, 7) is 8.05. The van der Waals surface area contributed by atoms with Gasteiger partial charge in [-0.2, -0.15) is 8.42 Å². The fourth-order valence-corrected chi connectivity index (χ4v) is 5.45. The molecular weight excluding hydrogens is 300 g/mol. The van der Waals surface area contributed by atoms with Crippen LogP contribution < -0.4 is 0 Å². The van der Waals surface area contributed by atoms with Crippen molar-refractivity contribution in [3.63, 3.8) is 0 Å². The van der Waals surface area contributed by atoms with Crippen molar-refractivity contribution in [1.82, 2.24) is 0 Å². The van der Waals surface area contributed by atoms with Crippen LogP contribution >= 0.6 is 0 Å². The topological polar surface area (TPSA) is 63.6 Å². The van der Waals surface area contributed by atoms with E-state index in [0.29, 0.717) is 6.42 Å². The zero-order valence-corrected chi connectivity index (χ0v) is 14.4. The molecular formula is C17H24O4S. The number of hydrogen-bond donors (Lipinski definition) is 1. The molecule has 0 saturated heterocycles. The minimum atomic E-state index is -3.98. The summed E-state index contributed by atoms with van der Waals surface area (Å²) in [4.78, 5) is 0.0932. The van der Waals surface area contributed by atoms with Gasteiger partial charge in [-0.05, 0) is 43.2 Å². The first-order valence-electron chi connectivity index (χ1n) is 7.77. The molecule has 3 unspecified atom stereocenters. The van der Waals surface area contributed by atoms with E-state index in [1.165, 1.54) is 12.1 Å². The van der Waals surface area contributed by atoms with Crippen LogP contribution in [0.2, 0.25) is 0 Å². The van der Waals surface area contributed by atoms with Gasteiger partial charge in [0.05, 0.1) is 4.90 Å². The van der Waals surface area contributed by atoms with Gasteiger partial charge in [0.2, 0.25) is 0 Å². The van der Waals surface area contributed by atoms with E-state index in [1.807, 2.05) is 13.8 Å². The molecule has 3 rings (SSSR count). The standard InChI is InChI=1S/C17H24O4S/c1-12-5-7-14(8-6-12)22(19,20)21-17(18)11-13-9-10-16(17,4)15(13,2)3/h5-8,13,18H,9-11H2,1-4H3. The predicted molar refractivity (Wildman–Crippen MR) is 83.6 cm³/mol. The van der Waals surface area contributed by atoms with E-state index >= 15 is 0 Å². The molecule has 0 aromatic heterocycles. The third-order valence-corrected chi connectivity index (χ3v) is 7.72. The smallest absolute Gasteiger partial charge is 0.299 e. The summed E-state index contributed by atoms with van der Waals surface area (Å²) in [7, 11) is -3.98. The molecule has 1 aromatic carbocycles. The highest BCUT2D eigenvalue weighted by molar-refractivity contribution is 7.86. The molecule has 0 radical (unpaired) electrons. The molecule has 22 heavy (non-hydrogen) atoms. The lowest BCUT2D eigenvalue weighted by Crippen LogP contribution is -2.50. The zero-order chi connectivity index (χ0) is 16.4. The van der Waals surface area contributed by atoms with Crippen LogP contribution in [0.15, 0.2) is 29.2 Å². The minimum absolute atomic E-state index is 0.0932. The summed E-state index contributed by atoms with van der Waals surface area (Å²) in [5.41, 5.74) is 0.290. The summed E-state index contributed by atoms with van der Waals surface area (Å²) < 4.78 is 30.5. The molecule has 0 heterocycles. The molecule has 2 bridgehead atoms. The van der Waals surface area contributed by atoms with Crippen LogP contribution in [-0.2, 0) is 14.3 Å². The van der Waals surface area contributed by atoms with Gasteiger partial charge in [-0.25, -0.2) is 4.18 Å². The maximum Gasteiger partial charge on any atom is 0.299 e. The van der Waals surface area contributed by atoms with Crippen LogP contribution in [0.1, 0.15) is 45.6 Å². The highest BCUT2D eigenvalue weighted by Gasteiger charge is 2.70. The first-order valence-corrected chi connectivity index (χ1v) is 9.17. The Kier molecular flexibility index (Phi) is 3.31. The average Bonchev–Trinajstić information content (AvgIpc) is 2.70. The molecule has 2 aliphatic rings. The number of benzene rings is 1. The van der Waals surface area contributed by atoms with E-state index in [4.69, 9.17) is 4.18 Å². The lowest BCUT2D eigenvalue weighted by Gasteiger charge is -2.43. The van der Waals surface area contributed by atoms with Gasteiger partial charge in [-0.1, -0.05) is 38.5 Å². The maximum absolute atomic E-state index is 12.6. The van der Waals surface area contributed by atoms with Gasteiger partial charge in [0.1, 0.15) is 0 Å². The van der Waals surface area contributed by atoms with Crippen molar-refractivity contribution in [2.45, 2.75) is 57.6 Å². The Morgan fingerprint density at radius 2 is 1.77 bits per heavy atom. The molecule has 4 nitrogen and oxygen atoms in total. The minimum Gasteiger partial charge on any atom is -0.364 e. The van der Waals surface area contributed by atoms with Crippen molar-refractivity contribution >= 4 is 10.1 Å². The Bertz CT molecular complexity index is 692. The quantitative estimate of drug-likeness (QED) is 0.685. The SMILES string of the molecule is Cc1ccc(S(=O)(=O)OC2(O)CC3CCC2(C)C3(C)C)cc1. The second kappa shape index (κ2) is 4.56. The number of rotatable bonds is 3. The van der Waals surface area contributed by atoms with Gasteiger partial charge >= 0.3 is 0 Å². The lowest BCUT2D eigenvalue weighted by molar-refractivity contribution is -0.219. The highest BCUT2D eigenvalue weighted by atomic mass is 32.2. The molecule has 1 aromatic rings. The van der Waals surface area contributed by atoms with Crippen LogP contribution in [0, 0.1) is 23.7 Å². The van der Waals surface area contributed by atoms with Gasteiger partial charge in [0.25, 0.3) is 10.1 Å². The lowest BCUT2D eigenvalue weighted by atomic mass is 9.68. The summed E-state index contributed by atoms with van der Waals surface area (Å²) >= 11 is 0. The van der Waals surface area contributed by atoms with Crippen LogP contribution in [-0.4, -0.2) is 19.3 Å². The van der Waals surface area contributed by atoms with Gasteiger partial charge < -0.3 is 5.11 Å². The van der Waals surface area contributed by atoms with Crippen molar-refractivity contribution in [2.75, 3.05) is 0 Å². The molecule has 0 spiro atoms. The average molecular weight is 324 g/mol. The van der Waals surface area contributed by atoms with E-state index in [9.17, 15) is 13.5 Å². The van der Waals surface area contributed by atoms with Crippen LogP contribution in [0.5, 0.6) is 0 Å². The Hall–Kier alpha value is -0.910. The first-order chi connectivity index (χ1) is 10.0. The van der Waals surface area contributed by atoms with Gasteiger partial charge in [0, 0.05) is 11.8 Å². The number of hydrogen-bond acceptors (Lipinski definition) is 4. The molecule has 2 aliphatic carbocycles. The maximum atomic E-state index is 12.6. The van der Waals surface area contributed by atoms with Crippen LogP contribution in [0.25, 0.3) is 0 Å². The summed E-state index contributed by atoms with van der Waals surface area (Å²) in [6.07, 6.45) is 2.17. The van der Waals surface area contributed by atoms with Crippen molar-refractivity contribution in [3.05, 3.63) is 29.8 Å². The molecule has 2 saturated carbocycles. The first kappa shape index (κ1) is 16.0. The Morgan fingerprint density at radius 1 is 1.18 bits per heavy atom. The number of aliphatic hydroxyl groups is 1. The molecule has 0 amide bonds. The molecule has 3 atom stereocenters. The van der Waals surface area contributed by atoms with Crippen molar-refractivity contribution in [1.29, 1.82) is 0 Å². The molecule has 0 aliphatic heterocycles. The molecule has 122 valence electrons. The largest absolute Gasteiger partial charge is 0.364 e. The second-order valence-corrected chi connectivity index (χ2v) is 9.17. The molecule has 1 N–H and O–H groups in total. The normalized spacial score (nSPS) is 36.7. The van der Waals surface area contributed by atoms with E-state index in [1.54, 1.807) is 12.1 Å². The van der Waals surface area contributed by atoms with Crippen molar-refractivity contribution in [2.24, 2.45) is 16.7 Å². The Labute approximate surface area is 132 Å². The monoisotopic (exact) mass is 324 g/mol. The van der Waals surface area contributed by atoms with Crippen LogP contribution in [0.4, 0.5) is 0 Å². The Morgan fingerprint density at radius 3 is 2.23 bits per heavy atom. The summed E-state index contributed by atoms with van der Waals surface area (Å²) in [5.74, 6) is -1.33. The second-order valence-electron chi connectivity index (χ2n) is 7.63. The van der Waals surface area contributed by atoms with E-state index in [0.717, 1.165) is 18.4 Å². The van der Waals surface area contributed by atoms with Gasteiger partial charge in [-0.3, -0.25) is 0 Å². The molecule has 5 heteroatoms. The number of fused-ring (bicyclic) bond motifs is 2. The van der Waals surface area contributed by atoms with Crippen molar-refractivity contribution < 1.29 is 17.7 Å². The third kappa shape index (κ3) is 1.99. The van der Waals surface area contributed by atoms with E-state index in [2.05, 4.69) is 13.8 Å². The van der Waals surface area contributed by atoms with E-state index in [-0.39, 0.29) is 16.2 Å². The third-order valence-electron chi connectivity index (χ3n) is 6.38. The summed E-state index contributed by atoms with van der Waals surface area (Å²) in [5, 5.41) is 11.0. The zero-order valence-electron chi connectivity index (χ0n) is 13.6. The van der Waals surface area contributed by atoms with Gasteiger partial charge in [0.15, 0.2) is 5.79 Å². The van der Waals surface area contributed by atoms with E-state index < -0.39 is 21.3 Å². The fraction of sp³-hybridized carbons (Fsp3) is 0.647. The fourth-order valence-electron chi connectivity index (χ4n) is 4.27. The predicted octanol–water partition coefficient (Wildman–Crippen LogP) is 3.24. The number of aryl methyl sites for hydroxylation is 1. The van der Waals surface area contributed by atoms with Crippen LogP contribution in [0.3, 0.4) is 0 Å². The Balaban J connectivity index is 1.95. The van der Waals surface area contributed by atoms with Crippen molar-refractivity contribution in [3.8, 4) is 0 Å². The summed E-state index contributed by atoms with van der Waals surface area (Å²) in [6, 6.07) is 6.50. The highest BCUT2D eigenvalue weighted by Crippen LogP contribution is 2.70.